The molecule has 0 bridgehead atoms. The van der Waals surface area contributed by atoms with Crippen molar-refractivity contribution in [1.82, 2.24) is 4.98 Å². The second-order valence-corrected chi connectivity index (χ2v) is 5.92. The number of nitriles is 1. The van der Waals surface area contributed by atoms with Gasteiger partial charge in [0.2, 0.25) is 0 Å². The molecule has 1 aromatic heterocycles. The molecule has 0 spiro atoms. The first-order valence-corrected chi connectivity index (χ1v) is 7.76. The minimum Gasteiger partial charge on any atom is -0.422 e. The molecule has 12 heteroatoms. The first-order chi connectivity index (χ1) is 13.5. The van der Waals surface area contributed by atoms with E-state index in [4.69, 9.17) is 5.26 Å². The first kappa shape index (κ1) is 20.4. The molecule has 1 amide bonds. The number of benzene rings is 1. The summed E-state index contributed by atoms with van der Waals surface area (Å²) in [5, 5.41) is 18.3. The molecule has 2 heterocycles. The van der Waals surface area contributed by atoms with Crippen LogP contribution < -0.4 is 9.64 Å². The fraction of sp³-hybridized carbons (Fsp3) is 0.235. The van der Waals surface area contributed by atoms with Gasteiger partial charge in [-0.3, -0.25) is 9.69 Å². The molecule has 1 aliphatic heterocycles. The van der Waals surface area contributed by atoms with Crippen LogP contribution in [0.1, 0.15) is 22.9 Å². The van der Waals surface area contributed by atoms with Crippen LogP contribution in [-0.2, 0) is 11.3 Å². The van der Waals surface area contributed by atoms with E-state index in [1.165, 1.54) is 18.3 Å². The molecule has 0 saturated heterocycles. The standard InChI is InChI=1S/C17H9F6N3O3/c18-10-1-2-11-13(12(10)14(27)16(19,20)21)29-17(22,23)15(28)26(11)7-8-3-4-25-9(5-8)6-24/h1-5,14,27H,7H2/t14-/m1/s1. The van der Waals surface area contributed by atoms with Gasteiger partial charge in [0, 0.05) is 6.20 Å². The Morgan fingerprint density at radius 3 is 2.62 bits per heavy atom. The number of ether oxygens (including phenoxy) is 1. The highest BCUT2D eigenvalue weighted by atomic mass is 19.4. The van der Waals surface area contributed by atoms with Crippen LogP contribution in [0.2, 0.25) is 0 Å². The molecule has 0 aliphatic carbocycles. The second-order valence-electron chi connectivity index (χ2n) is 5.92. The van der Waals surface area contributed by atoms with Gasteiger partial charge in [-0.2, -0.15) is 27.2 Å². The van der Waals surface area contributed by atoms with Crippen LogP contribution in [-0.4, -0.2) is 28.3 Å². The van der Waals surface area contributed by atoms with E-state index in [9.17, 15) is 36.2 Å². The summed E-state index contributed by atoms with van der Waals surface area (Å²) in [5.74, 6) is -4.87. The van der Waals surface area contributed by atoms with Crippen molar-refractivity contribution >= 4 is 11.6 Å². The number of pyridine rings is 1. The maximum atomic E-state index is 14.1. The van der Waals surface area contributed by atoms with E-state index in [1.54, 1.807) is 6.07 Å². The smallest absolute Gasteiger partial charge is 0.422 e. The van der Waals surface area contributed by atoms with E-state index in [-0.39, 0.29) is 11.3 Å². The molecule has 29 heavy (non-hydrogen) atoms. The fourth-order valence-corrected chi connectivity index (χ4v) is 2.71. The van der Waals surface area contributed by atoms with Crippen molar-refractivity contribution in [2.24, 2.45) is 0 Å². The van der Waals surface area contributed by atoms with Crippen LogP contribution in [0.25, 0.3) is 0 Å². The molecule has 3 rings (SSSR count). The number of alkyl halides is 5. The summed E-state index contributed by atoms with van der Waals surface area (Å²) in [5.41, 5.74) is -2.12. The lowest BCUT2D eigenvalue weighted by molar-refractivity contribution is -0.211. The number of hydrogen-bond donors (Lipinski definition) is 1. The van der Waals surface area contributed by atoms with Gasteiger partial charge in [-0.25, -0.2) is 9.37 Å². The zero-order chi connectivity index (χ0) is 21.6. The predicted octanol–water partition coefficient (Wildman–Crippen LogP) is 3.21. The average Bonchev–Trinajstić information content (AvgIpc) is 2.64. The Morgan fingerprint density at radius 2 is 2.00 bits per heavy atom. The summed E-state index contributed by atoms with van der Waals surface area (Å²) >= 11 is 0. The minimum atomic E-state index is -5.38. The lowest BCUT2D eigenvalue weighted by atomic mass is 10.0. The van der Waals surface area contributed by atoms with Crippen molar-refractivity contribution in [3.8, 4) is 11.8 Å². The Bertz CT molecular complexity index is 1020. The number of rotatable bonds is 3. The summed E-state index contributed by atoms with van der Waals surface area (Å²) in [4.78, 5) is 16.2. The molecule has 6 nitrogen and oxygen atoms in total. The van der Waals surface area contributed by atoms with Crippen LogP contribution in [0.5, 0.6) is 5.75 Å². The summed E-state index contributed by atoms with van der Waals surface area (Å²) in [6.07, 6.45) is -12.3. The minimum absolute atomic E-state index is 0.0949. The zero-order valence-corrected chi connectivity index (χ0v) is 14.0. The second kappa shape index (κ2) is 6.93. The molecular formula is C17H9F6N3O3. The maximum absolute atomic E-state index is 14.1. The molecular weight excluding hydrogens is 408 g/mol. The van der Waals surface area contributed by atoms with Gasteiger partial charge in [0.1, 0.15) is 17.6 Å². The normalized spacial score (nSPS) is 16.6. The number of aliphatic hydroxyl groups excluding tert-OH is 1. The van der Waals surface area contributed by atoms with Crippen molar-refractivity contribution in [3.05, 3.63) is 53.1 Å². The Kier molecular flexibility index (Phi) is 4.87. The largest absolute Gasteiger partial charge is 0.483 e. The summed E-state index contributed by atoms with van der Waals surface area (Å²) < 4.78 is 85.0. The van der Waals surface area contributed by atoms with Gasteiger partial charge in [0.25, 0.3) is 0 Å². The number of carbonyl (C=O) groups excluding carboxylic acids is 1. The molecule has 0 saturated carbocycles. The van der Waals surface area contributed by atoms with E-state index in [1.807, 2.05) is 0 Å². The number of aliphatic hydroxyl groups is 1. The van der Waals surface area contributed by atoms with Crippen LogP contribution in [0.4, 0.5) is 32.0 Å². The van der Waals surface area contributed by atoms with Gasteiger partial charge >= 0.3 is 18.2 Å². The molecule has 0 radical (unpaired) electrons. The van der Waals surface area contributed by atoms with E-state index in [2.05, 4.69) is 9.72 Å². The van der Waals surface area contributed by atoms with Gasteiger partial charge in [-0.15, -0.1) is 0 Å². The first-order valence-electron chi connectivity index (χ1n) is 7.76. The lowest BCUT2D eigenvalue weighted by Gasteiger charge is -2.35. The maximum Gasteiger partial charge on any atom is 0.483 e. The topological polar surface area (TPSA) is 86.5 Å². The van der Waals surface area contributed by atoms with Gasteiger partial charge in [-0.1, -0.05) is 0 Å². The van der Waals surface area contributed by atoms with Crippen LogP contribution in [0, 0.1) is 17.1 Å². The van der Waals surface area contributed by atoms with Crippen LogP contribution in [0.15, 0.2) is 30.5 Å². The monoisotopic (exact) mass is 417 g/mol. The van der Waals surface area contributed by atoms with Crippen molar-refractivity contribution < 1.29 is 41.0 Å². The summed E-state index contributed by atoms with van der Waals surface area (Å²) in [6, 6.07) is 5.43. The summed E-state index contributed by atoms with van der Waals surface area (Å²) in [7, 11) is 0. The molecule has 0 unspecified atom stereocenters. The number of fused-ring (bicyclic) bond motifs is 1. The molecule has 2 aromatic rings. The highest BCUT2D eigenvalue weighted by Gasteiger charge is 2.53. The molecule has 0 fully saturated rings. The highest BCUT2D eigenvalue weighted by molar-refractivity contribution is 6.01. The van der Waals surface area contributed by atoms with Crippen molar-refractivity contribution in [3.63, 3.8) is 0 Å². The quantitative estimate of drug-likeness (QED) is 0.776. The van der Waals surface area contributed by atoms with Crippen LogP contribution in [0.3, 0.4) is 0 Å². The van der Waals surface area contributed by atoms with Crippen molar-refractivity contribution in [2.45, 2.75) is 24.9 Å². The van der Waals surface area contributed by atoms with Crippen molar-refractivity contribution in [1.29, 1.82) is 5.26 Å². The van der Waals surface area contributed by atoms with Gasteiger partial charge in [0.05, 0.1) is 17.8 Å². The Labute approximate surface area is 158 Å². The average molecular weight is 417 g/mol. The number of halogens is 6. The highest BCUT2D eigenvalue weighted by Crippen LogP contribution is 2.48. The number of carbonyl (C=O) groups is 1. The number of hydrogen-bond acceptors (Lipinski definition) is 5. The lowest BCUT2D eigenvalue weighted by Crippen LogP contribution is -2.51. The van der Waals surface area contributed by atoms with E-state index >= 15 is 0 Å². The molecule has 1 aromatic carbocycles. The predicted molar refractivity (Wildman–Crippen MR) is 83.1 cm³/mol. The Balaban J connectivity index is 2.16. The van der Waals surface area contributed by atoms with Gasteiger partial charge in [0.15, 0.2) is 11.9 Å². The molecule has 1 N–H and O–H groups in total. The fourth-order valence-electron chi connectivity index (χ4n) is 2.71. The van der Waals surface area contributed by atoms with Gasteiger partial charge in [-0.05, 0) is 29.8 Å². The van der Waals surface area contributed by atoms with E-state index in [0.29, 0.717) is 11.0 Å². The molecule has 1 aliphatic rings. The number of anilines is 1. The number of aromatic nitrogens is 1. The molecule has 152 valence electrons. The molecule has 1 atom stereocenters. The third-order valence-electron chi connectivity index (χ3n) is 4.00. The number of nitrogens with zero attached hydrogens (tertiary/aromatic N) is 3. The number of amides is 1. The van der Waals surface area contributed by atoms with Crippen molar-refractivity contribution in [2.75, 3.05) is 4.90 Å². The van der Waals surface area contributed by atoms with E-state index < -0.39 is 53.7 Å². The third kappa shape index (κ3) is 3.68. The zero-order valence-electron chi connectivity index (χ0n) is 14.0. The van der Waals surface area contributed by atoms with Crippen LogP contribution >= 0.6 is 0 Å². The SMILES string of the molecule is N#Cc1cc(CN2C(=O)C(F)(F)Oc3c2ccc(F)c3[C@@H](O)C(F)(F)F)ccn1. The van der Waals surface area contributed by atoms with Gasteiger partial charge < -0.3 is 9.84 Å². The van der Waals surface area contributed by atoms with E-state index in [0.717, 1.165) is 6.07 Å². The Hall–Kier alpha value is -3.33. The third-order valence-corrected chi connectivity index (χ3v) is 4.00. The Morgan fingerprint density at radius 1 is 1.31 bits per heavy atom. The summed E-state index contributed by atoms with van der Waals surface area (Å²) in [6.45, 7) is -0.602.